The van der Waals surface area contributed by atoms with Gasteiger partial charge >= 0.3 is 0 Å². The lowest BCUT2D eigenvalue weighted by Gasteiger charge is -2.46. The van der Waals surface area contributed by atoms with Crippen molar-refractivity contribution in [3.63, 3.8) is 0 Å². The van der Waals surface area contributed by atoms with Crippen LogP contribution in [0.3, 0.4) is 0 Å². The minimum Gasteiger partial charge on any atom is -0.329 e. The molecule has 108 valence electrons. The Kier molecular flexibility index (Phi) is 5.58. The summed E-state index contributed by atoms with van der Waals surface area (Å²) < 4.78 is 24.5. The van der Waals surface area contributed by atoms with Gasteiger partial charge in [-0.3, -0.25) is 4.90 Å². The molecule has 0 saturated carbocycles. The van der Waals surface area contributed by atoms with Crippen LogP contribution in [0.4, 0.5) is 0 Å². The summed E-state index contributed by atoms with van der Waals surface area (Å²) in [4.78, 5) is 2.39. The molecule has 1 aliphatic rings. The van der Waals surface area contributed by atoms with E-state index >= 15 is 0 Å². The molecule has 0 aromatic heterocycles. The predicted molar refractivity (Wildman–Crippen MR) is 75.0 cm³/mol. The molecule has 6 heteroatoms. The Morgan fingerprint density at radius 3 is 2.06 bits per heavy atom. The van der Waals surface area contributed by atoms with Crippen LogP contribution in [0.5, 0.6) is 0 Å². The topological polar surface area (TPSA) is 66.6 Å². The monoisotopic (exact) mass is 277 g/mol. The normalized spacial score (nSPS) is 22.9. The first-order valence-electron chi connectivity index (χ1n) is 6.80. The van der Waals surface area contributed by atoms with Crippen molar-refractivity contribution in [3.05, 3.63) is 0 Å². The highest BCUT2D eigenvalue weighted by atomic mass is 32.2. The quantitative estimate of drug-likeness (QED) is 0.766. The average molecular weight is 277 g/mol. The van der Waals surface area contributed by atoms with Crippen LogP contribution in [0, 0.1) is 0 Å². The van der Waals surface area contributed by atoms with Crippen molar-refractivity contribution in [2.45, 2.75) is 38.6 Å². The predicted octanol–water partition coefficient (Wildman–Crippen LogP) is 0.471. The molecule has 0 spiro atoms. The molecule has 0 aliphatic carbocycles. The summed E-state index contributed by atoms with van der Waals surface area (Å²) in [6.45, 7) is 7.75. The SMILES string of the molecule is CCCC(CC)(CN)N1CCN(S(C)(=O)=O)CC1. The third-order valence-electron chi connectivity index (χ3n) is 4.13. The van der Waals surface area contributed by atoms with Crippen LogP contribution in [0.2, 0.25) is 0 Å². The fraction of sp³-hybridized carbons (Fsp3) is 1.00. The maximum absolute atomic E-state index is 11.5. The molecule has 2 N–H and O–H groups in total. The van der Waals surface area contributed by atoms with Crippen molar-refractivity contribution in [1.29, 1.82) is 0 Å². The molecule has 1 atom stereocenters. The number of sulfonamides is 1. The van der Waals surface area contributed by atoms with E-state index < -0.39 is 10.0 Å². The maximum atomic E-state index is 11.5. The molecule has 0 aromatic carbocycles. The number of piperazine rings is 1. The summed E-state index contributed by atoms with van der Waals surface area (Å²) in [5.74, 6) is 0. The van der Waals surface area contributed by atoms with E-state index in [4.69, 9.17) is 5.73 Å². The van der Waals surface area contributed by atoms with Gasteiger partial charge in [0.25, 0.3) is 0 Å². The van der Waals surface area contributed by atoms with Crippen molar-refractivity contribution in [3.8, 4) is 0 Å². The highest BCUT2D eigenvalue weighted by molar-refractivity contribution is 7.88. The zero-order valence-corrected chi connectivity index (χ0v) is 12.7. The van der Waals surface area contributed by atoms with Crippen molar-refractivity contribution in [2.24, 2.45) is 5.73 Å². The Morgan fingerprint density at radius 1 is 1.17 bits per heavy atom. The second kappa shape index (κ2) is 6.32. The second-order valence-electron chi connectivity index (χ2n) is 5.18. The first kappa shape index (κ1) is 15.9. The summed E-state index contributed by atoms with van der Waals surface area (Å²) in [6, 6.07) is 0. The minimum absolute atomic E-state index is 0.0539. The molecule has 1 aliphatic heterocycles. The number of hydrogen-bond donors (Lipinski definition) is 1. The Balaban J connectivity index is 2.70. The molecule has 0 bridgehead atoms. The van der Waals surface area contributed by atoms with Crippen molar-refractivity contribution in [2.75, 3.05) is 39.0 Å². The molecule has 1 saturated heterocycles. The molecule has 1 unspecified atom stereocenters. The molecular weight excluding hydrogens is 250 g/mol. The van der Waals surface area contributed by atoms with Gasteiger partial charge in [0.2, 0.25) is 10.0 Å². The molecule has 0 aromatic rings. The summed E-state index contributed by atoms with van der Waals surface area (Å²) in [5.41, 5.74) is 6.04. The van der Waals surface area contributed by atoms with E-state index in [0.717, 1.165) is 32.4 Å². The maximum Gasteiger partial charge on any atom is 0.211 e. The first-order chi connectivity index (χ1) is 8.39. The van der Waals surface area contributed by atoms with Gasteiger partial charge in [-0.25, -0.2) is 8.42 Å². The molecule has 18 heavy (non-hydrogen) atoms. The summed E-state index contributed by atoms with van der Waals surface area (Å²) >= 11 is 0. The molecule has 1 fully saturated rings. The first-order valence-corrected chi connectivity index (χ1v) is 8.64. The molecule has 0 amide bonds. The van der Waals surface area contributed by atoms with Gasteiger partial charge in [-0.2, -0.15) is 4.31 Å². The second-order valence-corrected chi connectivity index (χ2v) is 7.16. The van der Waals surface area contributed by atoms with E-state index in [1.165, 1.54) is 6.26 Å². The van der Waals surface area contributed by atoms with Gasteiger partial charge in [-0.15, -0.1) is 0 Å². The van der Waals surface area contributed by atoms with Crippen LogP contribution in [0.25, 0.3) is 0 Å². The third kappa shape index (κ3) is 3.44. The third-order valence-corrected chi connectivity index (χ3v) is 5.44. The highest BCUT2D eigenvalue weighted by Gasteiger charge is 2.36. The zero-order valence-electron chi connectivity index (χ0n) is 11.9. The lowest BCUT2D eigenvalue weighted by molar-refractivity contribution is 0.0483. The van der Waals surface area contributed by atoms with E-state index in [9.17, 15) is 8.42 Å². The summed E-state index contributed by atoms with van der Waals surface area (Å²) in [5, 5.41) is 0. The van der Waals surface area contributed by atoms with Gasteiger partial charge in [0, 0.05) is 38.3 Å². The fourth-order valence-electron chi connectivity index (χ4n) is 2.89. The fourth-order valence-corrected chi connectivity index (χ4v) is 3.72. The van der Waals surface area contributed by atoms with E-state index in [2.05, 4.69) is 18.7 Å². The standard InChI is InChI=1S/C12H27N3O2S/c1-4-6-12(5-2,11-13)14-7-9-15(10-8-14)18(3,16)17/h4-11,13H2,1-3H3. The molecule has 1 rings (SSSR count). The Hall–Kier alpha value is -0.170. The molecule has 1 heterocycles. The van der Waals surface area contributed by atoms with E-state index in [0.29, 0.717) is 19.6 Å². The Labute approximate surface area is 111 Å². The van der Waals surface area contributed by atoms with Crippen molar-refractivity contribution >= 4 is 10.0 Å². The molecule has 0 radical (unpaired) electrons. The van der Waals surface area contributed by atoms with E-state index in [1.54, 1.807) is 4.31 Å². The largest absolute Gasteiger partial charge is 0.329 e. The van der Waals surface area contributed by atoms with Gasteiger partial charge in [-0.05, 0) is 12.8 Å². The highest BCUT2D eigenvalue weighted by Crippen LogP contribution is 2.26. The number of nitrogens with two attached hydrogens (primary N) is 1. The van der Waals surface area contributed by atoms with Crippen LogP contribution >= 0.6 is 0 Å². The minimum atomic E-state index is -3.05. The number of hydrogen-bond acceptors (Lipinski definition) is 4. The van der Waals surface area contributed by atoms with Crippen molar-refractivity contribution in [1.82, 2.24) is 9.21 Å². The summed E-state index contributed by atoms with van der Waals surface area (Å²) in [6.07, 6.45) is 4.50. The number of rotatable bonds is 6. The number of nitrogens with zero attached hydrogens (tertiary/aromatic N) is 2. The van der Waals surface area contributed by atoms with Crippen LogP contribution in [-0.2, 0) is 10.0 Å². The molecular formula is C12H27N3O2S. The molecule has 5 nitrogen and oxygen atoms in total. The summed E-state index contributed by atoms with van der Waals surface area (Å²) in [7, 11) is -3.05. The van der Waals surface area contributed by atoms with Crippen LogP contribution in [0.1, 0.15) is 33.1 Å². The van der Waals surface area contributed by atoms with Crippen LogP contribution in [-0.4, -0.2) is 62.1 Å². The van der Waals surface area contributed by atoms with E-state index in [1.807, 2.05) is 0 Å². The van der Waals surface area contributed by atoms with Crippen LogP contribution in [0.15, 0.2) is 0 Å². The van der Waals surface area contributed by atoms with Gasteiger partial charge in [0.1, 0.15) is 0 Å². The van der Waals surface area contributed by atoms with E-state index in [-0.39, 0.29) is 5.54 Å². The van der Waals surface area contributed by atoms with Gasteiger partial charge in [0.15, 0.2) is 0 Å². The zero-order chi connectivity index (χ0) is 13.8. The lowest BCUT2D eigenvalue weighted by Crippen LogP contribution is -2.60. The Bertz CT molecular complexity index is 344. The smallest absolute Gasteiger partial charge is 0.211 e. The Morgan fingerprint density at radius 2 is 1.72 bits per heavy atom. The lowest BCUT2D eigenvalue weighted by atomic mass is 9.88. The van der Waals surface area contributed by atoms with Crippen molar-refractivity contribution < 1.29 is 8.42 Å². The average Bonchev–Trinajstić information content (AvgIpc) is 2.35. The van der Waals surface area contributed by atoms with Gasteiger partial charge < -0.3 is 5.73 Å². The van der Waals surface area contributed by atoms with Crippen LogP contribution < -0.4 is 5.73 Å². The van der Waals surface area contributed by atoms with Gasteiger partial charge in [-0.1, -0.05) is 20.3 Å². The van der Waals surface area contributed by atoms with Gasteiger partial charge in [0.05, 0.1) is 6.26 Å².